The maximum atomic E-state index is 13.0. The minimum absolute atomic E-state index is 0.0419. The lowest BCUT2D eigenvalue weighted by molar-refractivity contribution is 0.102. The van der Waals surface area contributed by atoms with Crippen molar-refractivity contribution in [1.82, 2.24) is 0 Å². The third-order valence-corrected chi connectivity index (χ3v) is 6.39. The summed E-state index contributed by atoms with van der Waals surface area (Å²) in [5.74, 6) is -0.330. The Balaban J connectivity index is 1.92. The van der Waals surface area contributed by atoms with Crippen LogP contribution in [0.3, 0.4) is 0 Å². The monoisotopic (exact) mass is 422 g/mol. The number of hydrogen-bond donors (Lipinski definition) is 2. The van der Waals surface area contributed by atoms with Gasteiger partial charge in [0.2, 0.25) is 0 Å². The first-order valence-corrected chi connectivity index (χ1v) is 11.3. The van der Waals surface area contributed by atoms with Crippen molar-refractivity contribution < 1.29 is 13.2 Å². The minimum atomic E-state index is -3.83. The molecule has 6 heteroatoms. The summed E-state index contributed by atoms with van der Waals surface area (Å²) in [6.45, 7) is 7.65. The fourth-order valence-electron chi connectivity index (χ4n) is 3.32. The number of anilines is 2. The molecule has 3 rings (SSSR count). The molecule has 0 bridgehead atoms. The molecule has 0 saturated heterocycles. The Morgan fingerprint density at radius 1 is 0.900 bits per heavy atom. The van der Waals surface area contributed by atoms with Crippen molar-refractivity contribution in [2.24, 2.45) is 0 Å². The maximum Gasteiger partial charge on any atom is 0.261 e. The van der Waals surface area contributed by atoms with Crippen molar-refractivity contribution in [3.63, 3.8) is 0 Å². The Hall–Kier alpha value is -3.12. The second kappa shape index (κ2) is 8.71. The first kappa shape index (κ1) is 21.6. The number of sulfonamides is 1. The number of nitrogens with one attached hydrogen (secondary N) is 2. The van der Waals surface area contributed by atoms with Crippen molar-refractivity contribution >= 4 is 27.3 Å². The van der Waals surface area contributed by atoms with E-state index in [0.717, 1.165) is 28.8 Å². The summed E-state index contributed by atoms with van der Waals surface area (Å²) in [4.78, 5) is 13.1. The van der Waals surface area contributed by atoms with Crippen LogP contribution in [0.2, 0.25) is 0 Å². The third kappa shape index (κ3) is 4.71. The van der Waals surface area contributed by atoms with E-state index in [2.05, 4.69) is 10.0 Å². The number of para-hydroxylation sites is 1. The van der Waals surface area contributed by atoms with E-state index < -0.39 is 10.0 Å². The molecule has 1 amide bonds. The number of aryl methyl sites for hydroxylation is 4. The van der Waals surface area contributed by atoms with Crippen LogP contribution < -0.4 is 10.0 Å². The summed E-state index contributed by atoms with van der Waals surface area (Å²) in [6, 6.07) is 17.6. The van der Waals surface area contributed by atoms with E-state index in [4.69, 9.17) is 0 Å². The van der Waals surface area contributed by atoms with Crippen molar-refractivity contribution in [1.29, 1.82) is 0 Å². The number of carbonyl (C=O) groups is 1. The second-order valence-electron chi connectivity index (χ2n) is 7.37. The fourth-order valence-corrected chi connectivity index (χ4v) is 4.39. The lowest BCUT2D eigenvalue weighted by Crippen LogP contribution is -2.18. The lowest BCUT2D eigenvalue weighted by atomic mass is 10.0. The Morgan fingerprint density at radius 2 is 1.63 bits per heavy atom. The molecule has 0 spiro atoms. The van der Waals surface area contributed by atoms with Crippen LogP contribution in [0.15, 0.2) is 65.6 Å². The van der Waals surface area contributed by atoms with Crippen LogP contribution in [0, 0.1) is 20.8 Å². The van der Waals surface area contributed by atoms with Gasteiger partial charge in [0.05, 0.1) is 4.90 Å². The summed E-state index contributed by atoms with van der Waals surface area (Å²) in [6.07, 6.45) is 0.783. The summed E-state index contributed by atoms with van der Waals surface area (Å²) in [5, 5.41) is 2.97. The molecule has 0 unspecified atom stereocenters. The van der Waals surface area contributed by atoms with Gasteiger partial charge >= 0.3 is 0 Å². The first-order chi connectivity index (χ1) is 14.2. The Kier molecular flexibility index (Phi) is 6.27. The highest BCUT2D eigenvalue weighted by molar-refractivity contribution is 7.92. The molecule has 3 aromatic carbocycles. The van der Waals surface area contributed by atoms with Crippen LogP contribution >= 0.6 is 0 Å². The quantitative estimate of drug-likeness (QED) is 0.571. The highest BCUT2D eigenvalue weighted by atomic mass is 32.2. The zero-order chi connectivity index (χ0) is 21.9. The van der Waals surface area contributed by atoms with E-state index >= 15 is 0 Å². The summed E-state index contributed by atoms with van der Waals surface area (Å²) >= 11 is 0. The van der Waals surface area contributed by atoms with Gasteiger partial charge in [-0.3, -0.25) is 9.52 Å². The average Bonchev–Trinajstić information content (AvgIpc) is 2.69. The van der Waals surface area contributed by atoms with Crippen molar-refractivity contribution in [3.8, 4) is 0 Å². The van der Waals surface area contributed by atoms with Crippen LogP contribution in [0.25, 0.3) is 0 Å². The van der Waals surface area contributed by atoms with Gasteiger partial charge in [0.25, 0.3) is 15.9 Å². The van der Waals surface area contributed by atoms with Crippen LogP contribution in [-0.4, -0.2) is 14.3 Å². The molecule has 0 aliphatic carbocycles. The van der Waals surface area contributed by atoms with Crippen LogP contribution in [0.4, 0.5) is 11.4 Å². The normalized spacial score (nSPS) is 11.2. The minimum Gasteiger partial charge on any atom is -0.321 e. The summed E-state index contributed by atoms with van der Waals surface area (Å²) in [5.41, 5.74) is 5.23. The highest BCUT2D eigenvalue weighted by Crippen LogP contribution is 2.24. The van der Waals surface area contributed by atoms with Crippen molar-refractivity contribution in [2.45, 2.75) is 39.0 Å². The van der Waals surface area contributed by atoms with Gasteiger partial charge in [-0.2, -0.15) is 0 Å². The highest BCUT2D eigenvalue weighted by Gasteiger charge is 2.19. The molecule has 30 heavy (non-hydrogen) atoms. The van der Waals surface area contributed by atoms with Gasteiger partial charge in [-0.05, 0) is 73.7 Å². The molecule has 3 aromatic rings. The van der Waals surface area contributed by atoms with Gasteiger partial charge in [0, 0.05) is 16.9 Å². The number of benzene rings is 3. The zero-order valence-electron chi connectivity index (χ0n) is 17.6. The van der Waals surface area contributed by atoms with Gasteiger partial charge in [-0.1, -0.05) is 43.3 Å². The van der Waals surface area contributed by atoms with Crippen molar-refractivity contribution in [3.05, 3.63) is 88.5 Å². The van der Waals surface area contributed by atoms with Crippen molar-refractivity contribution in [2.75, 3.05) is 10.0 Å². The number of hydrogen-bond acceptors (Lipinski definition) is 3. The number of amides is 1. The molecule has 0 aliphatic heterocycles. The molecule has 5 nitrogen and oxygen atoms in total. The fraction of sp³-hybridized carbons (Fsp3) is 0.208. The molecular weight excluding hydrogens is 396 g/mol. The third-order valence-electron chi connectivity index (χ3n) is 5.01. The number of carbonyl (C=O) groups excluding carboxylic acids is 1. The second-order valence-corrected chi connectivity index (χ2v) is 9.05. The van der Waals surface area contributed by atoms with Gasteiger partial charge in [-0.15, -0.1) is 0 Å². The molecule has 0 heterocycles. The van der Waals surface area contributed by atoms with Gasteiger partial charge < -0.3 is 5.32 Å². The smallest absolute Gasteiger partial charge is 0.261 e. The molecule has 0 aromatic heterocycles. The van der Waals surface area contributed by atoms with Gasteiger partial charge in [0.1, 0.15) is 0 Å². The Bertz CT molecular complexity index is 1200. The Labute approximate surface area is 178 Å². The zero-order valence-corrected chi connectivity index (χ0v) is 18.4. The molecule has 0 aliphatic rings. The summed E-state index contributed by atoms with van der Waals surface area (Å²) in [7, 11) is -3.83. The number of rotatable bonds is 6. The first-order valence-electron chi connectivity index (χ1n) is 9.81. The van der Waals surface area contributed by atoms with E-state index in [0.29, 0.717) is 16.8 Å². The van der Waals surface area contributed by atoms with E-state index in [-0.39, 0.29) is 10.8 Å². The van der Waals surface area contributed by atoms with Gasteiger partial charge in [0.15, 0.2) is 0 Å². The predicted octanol–water partition coefficient (Wildman–Crippen LogP) is 5.23. The largest absolute Gasteiger partial charge is 0.321 e. The SMILES string of the molecule is CCc1cccc(C)c1NC(=O)c1cc(S(=O)(=O)Nc2cccc(C)c2)ccc1C. The van der Waals surface area contributed by atoms with Crippen LogP contribution in [0.5, 0.6) is 0 Å². The van der Waals surface area contributed by atoms with Crippen LogP contribution in [0.1, 0.15) is 39.5 Å². The lowest BCUT2D eigenvalue weighted by Gasteiger charge is -2.15. The molecule has 2 N–H and O–H groups in total. The molecule has 0 fully saturated rings. The molecule has 0 atom stereocenters. The van der Waals surface area contributed by atoms with E-state index in [1.807, 2.05) is 45.0 Å². The molecule has 156 valence electrons. The summed E-state index contributed by atoms with van der Waals surface area (Å²) < 4.78 is 28.3. The molecular formula is C24H26N2O3S. The predicted molar refractivity (Wildman–Crippen MR) is 122 cm³/mol. The molecule has 0 radical (unpaired) electrons. The van der Waals surface area contributed by atoms with E-state index in [1.165, 1.54) is 12.1 Å². The Morgan fingerprint density at radius 3 is 2.33 bits per heavy atom. The van der Waals surface area contributed by atoms with Gasteiger partial charge in [-0.25, -0.2) is 8.42 Å². The molecule has 0 saturated carbocycles. The van der Waals surface area contributed by atoms with E-state index in [9.17, 15) is 13.2 Å². The topological polar surface area (TPSA) is 75.3 Å². The van der Waals surface area contributed by atoms with Crippen LogP contribution in [-0.2, 0) is 16.4 Å². The average molecular weight is 423 g/mol. The maximum absolute atomic E-state index is 13.0. The van der Waals surface area contributed by atoms with E-state index in [1.54, 1.807) is 31.2 Å². The standard InChI is InChI=1S/C24H26N2O3S/c1-5-19-10-7-9-18(4)23(19)25-24(27)22-15-21(13-12-17(22)3)30(28,29)26-20-11-6-8-16(2)14-20/h6-15,26H,5H2,1-4H3,(H,25,27).